The number of carbonyl (C=O) groups excluding carboxylic acids is 4. The first-order chi connectivity index (χ1) is 39.2. The van der Waals surface area contributed by atoms with Crippen molar-refractivity contribution in [3.63, 3.8) is 0 Å². The van der Waals surface area contributed by atoms with Crippen LogP contribution in [-0.2, 0) is 33.4 Å². The second-order valence-electron chi connectivity index (χ2n) is 23.3. The number of likely N-dealkylation sites (tertiary alicyclic amines) is 1. The summed E-state index contributed by atoms with van der Waals surface area (Å²) in [5.41, 5.74) is 1.28. The zero-order chi connectivity index (χ0) is 58.2. The molecule has 1 aromatic rings. The first-order valence-corrected chi connectivity index (χ1v) is 30.9. The quantitative estimate of drug-likeness (QED) is 0.0388. The summed E-state index contributed by atoms with van der Waals surface area (Å²) in [4.78, 5) is 74.4. The van der Waals surface area contributed by atoms with Crippen LogP contribution in [0.15, 0.2) is 115 Å². The van der Waals surface area contributed by atoms with Crippen LogP contribution in [0.2, 0.25) is 0 Å². The first-order valence-electron chi connectivity index (χ1n) is 30.9. The van der Waals surface area contributed by atoms with E-state index in [-0.39, 0.29) is 66.1 Å². The number of anilines is 1. The monoisotopic (exact) mass is 1120 g/mol. The number of aromatic nitrogens is 2. The molecule has 8 atom stereocenters. The van der Waals surface area contributed by atoms with Crippen LogP contribution in [0.5, 0.6) is 0 Å². The summed E-state index contributed by atoms with van der Waals surface area (Å²) in [7, 11) is 0. The summed E-state index contributed by atoms with van der Waals surface area (Å²) >= 11 is 0. The van der Waals surface area contributed by atoms with E-state index >= 15 is 0 Å². The highest BCUT2D eigenvalue weighted by Gasteiger charge is 2.45. The number of ether oxygens (including phenoxy) is 2. The molecule has 7 rings (SSSR count). The lowest BCUT2D eigenvalue weighted by Crippen LogP contribution is -2.48. The predicted octanol–water partition coefficient (Wildman–Crippen LogP) is 12.8. The number of carbonyl (C=O) groups is 5. The molecule has 14 nitrogen and oxygen atoms in total. The van der Waals surface area contributed by atoms with Crippen molar-refractivity contribution in [1.29, 1.82) is 0 Å². The Kier molecular flexibility index (Phi) is 29.9. The van der Waals surface area contributed by atoms with E-state index in [1.807, 2.05) is 32.1 Å². The number of aliphatic hydroxyl groups excluding tert-OH is 1. The zero-order valence-corrected chi connectivity index (χ0v) is 49.8. The normalized spacial score (nSPS) is 25.4. The van der Waals surface area contributed by atoms with Crippen molar-refractivity contribution in [1.82, 2.24) is 19.8 Å². The minimum absolute atomic E-state index is 0.00676. The maximum absolute atomic E-state index is 12.5. The summed E-state index contributed by atoms with van der Waals surface area (Å²) in [5.74, 6) is 0.952. The van der Waals surface area contributed by atoms with Gasteiger partial charge in [-0.1, -0.05) is 139 Å². The van der Waals surface area contributed by atoms with Crippen LogP contribution in [0, 0.1) is 35.0 Å². The van der Waals surface area contributed by atoms with E-state index in [0.29, 0.717) is 50.0 Å². The number of amides is 2. The van der Waals surface area contributed by atoms with Gasteiger partial charge in [-0.15, -0.1) is 0 Å². The van der Waals surface area contributed by atoms with Crippen LogP contribution < -0.4 is 4.90 Å². The van der Waals surface area contributed by atoms with Gasteiger partial charge in [-0.3, -0.25) is 33.8 Å². The second-order valence-corrected chi connectivity index (χ2v) is 23.3. The number of aliphatic carboxylic acids is 1. The summed E-state index contributed by atoms with van der Waals surface area (Å²) in [6, 6.07) is 1.84. The summed E-state index contributed by atoms with van der Waals surface area (Å²) in [6.07, 6.45) is 53.3. The van der Waals surface area contributed by atoms with E-state index in [2.05, 4.69) is 120 Å². The Morgan fingerprint density at radius 2 is 1.37 bits per heavy atom. The fourth-order valence-electron chi connectivity index (χ4n) is 11.9. The van der Waals surface area contributed by atoms with Crippen LogP contribution >= 0.6 is 0 Å². The van der Waals surface area contributed by atoms with E-state index in [1.165, 1.54) is 23.3 Å². The number of allylic oxidation sites excluding steroid dienone is 15. The number of aliphatic hydroxyl groups is 1. The lowest BCUT2D eigenvalue weighted by molar-refractivity contribution is -0.162. The molecule has 1 spiro atoms. The van der Waals surface area contributed by atoms with Crippen molar-refractivity contribution in [3.05, 3.63) is 115 Å². The molecule has 2 amide bonds. The molecule has 4 heterocycles. The molecule has 1 aromatic heterocycles. The standard InChI is InChI=1S/C24H36O5.C22H32O2.C21H31N5O2/c1-5-15(3)24(27)29-21-11-14(2)10-17-7-6-16(4)20(23(17)21)9-8-19-12-18(25)13-22(26)28-19;1-2-3-4-5-6-7-8-9-10-11-12-13-14-15-16-17-18-19-20-21-22(23)24;27-18-16-21(6-1-2-7-21)17-19(28)26(18)11-4-3-10-24-12-14-25(15-13-24)20-22-8-5-9-23-20/h6-7,10,14-16,18-21,23,25H,5,8-9,11-13H2,1-4H3;3-4,6-7,9-10,12-13,15-16,18-19H,2,5,8,11,14,17,20-21H2,1H3,(H,23,24);5,8-9H,1-4,6-7,10-17H2/b;4-3-,7-6-,10-9-,13-12-,16-15-,19-18-;/t14-,15-,16-,18+,19+,20-,21-,23-;;/m0../s1. The highest BCUT2D eigenvalue weighted by molar-refractivity contribution is 5.98. The van der Waals surface area contributed by atoms with Crippen LogP contribution in [0.4, 0.5) is 5.95 Å². The van der Waals surface area contributed by atoms with Crippen LogP contribution in [0.25, 0.3) is 0 Å². The topological polar surface area (TPSA) is 180 Å². The summed E-state index contributed by atoms with van der Waals surface area (Å²) in [6.45, 7) is 16.0. The van der Waals surface area contributed by atoms with Gasteiger partial charge in [0.05, 0.1) is 18.4 Å². The Bertz CT molecular complexity index is 2300. The largest absolute Gasteiger partial charge is 0.481 e. The minimum Gasteiger partial charge on any atom is -0.481 e. The Morgan fingerprint density at radius 1 is 0.790 bits per heavy atom. The first kappa shape index (κ1) is 66.1. The van der Waals surface area contributed by atoms with Gasteiger partial charge in [0.25, 0.3) is 0 Å². The van der Waals surface area contributed by atoms with E-state index in [0.717, 1.165) is 129 Å². The number of nitrogens with zero attached hydrogens (tertiary/aromatic N) is 5. The molecule has 81 heavy (non-hydrogen) atoms. The predicted molar refractivity (Wildman–Crippen MR) is 323 cm³/mol. The molecule has 3 saturated heterocycles. The third-order valence-electron chi connectivity index (χ3n) is 16.7. The molecule has 14 heteroatoms. The van der Waals surface area contributed by atoms with E-state index < -0.39 is 12.1 Å². The molecule has 3 aliphatic heterocycles. The molecule has 2 N–H and O–H groups in total. The Balaban J connectivity index is 0.000000224. The number of piperidine rings is 1. The third-order valence-corrected chi connectivity index (χ3v) is 16.7. The molecule has 0 aromatic carbocycles. The van der Waals surface area contributed by atoms with Gasteiger partial charge in [-0.2, -0.15) is 0 Å². The Morgan fingerprint density at radius 3 is 1.94 bits per heavy atom. The van der Waals surface area contributed by atoms with Crippen molar-refractivity contribution in [2.75, 3.05) is 44.2 Å². The molecular weight excluding hydrogens is 1020 g/mol. The third kappa shape index (κ3) is 23.9. The molecule has 446 valence electrons. The van der Waals surface area contributed by atoms with Gasteiger partial charge in [-0.05, 0) is 138 Å². The number of piperazine rings is 1. The maximum atomic E-state index is 12.5. The van der Waals surface area contributed by atoms with Crippen molar-refractivity contribution < 1.29 is 43.7 Å². The number of cyclic esters (lactones) is 1. The lowest BCUT2D eigenvalue weighted by atomic mass is 9.65. The molecule has 4 fully saturated rings. The Hall–Kier alpha value is -5.73. The highest BCUT2D eigenvalue weighted by Crippen LogP contribution is 2.47. The second kappa shape index (κ2) is 36.7. The molecule has 0 unspecified atom stereocenters. The lowest BCUT2D eigenvalue weighted by Gasteiger charge is -2.43. The number of imide groups is 1. The summed E-state index contributed by atoms with van der Waals surface area (Å²) < 4.78 is 11.5. The van der Waals surface area contributed by atoms with Crippen molar-refractivity contribution in [2.24, 2.45) is 35.0 Å². The van der Waals surface area contributed by atoms with E-state index in [9.17, 15) is 29.1 Å². The number of carboxylic acid groups (broad SMARTS) is 1. The summed E-state index contributed by atoms with van der Waals surface area (Å²) in [5, 5.41) is 18.4. The minimum atomic E-state index is -0.741. The van der Waals surface area contributed by atoms with Crippen LogP contribution in [0.1, 0.15) is 176 Å². The maximum Gasteiger partial charge on any atom is 0.308 e. The van der Waals surface area contributed by atoms with Crippen LogP contribution in [0.3, 0.4) is 0 Å². The molecule has 3 aliphatic carbocycles. The number of esters is 2. The Labute approximate surface area is 485 Å². The smallest absolute Gasteiger partial charge is 0.308 e. The van der Waals surface area contributed by atoms with Gasteiger partial charge in [0, 0.05) is 76.7 Å². The molecule has 0 radical (unpaired) electrons. The highest BCUT2D eigenvalue weighted by atomic mass is 16.6. The fraction of sp³-hybridized carbons (Fsp3) is 0.627. The SMILES string of the molecule is CC/C=C\C/C=C\C/C=C\C/C=C\C/C=C\C/C=C\CCC(=O)O.CC[C@H](C)C(=O)O[C@H]1C[C@@H](C)C=C2C=C[C@H](C)[C@H](CC[C@@H]3C[C@@H](O)CC(=O)O3)[C@H]21.O=C1CC2(CCCC2)CC(=O)N1CCCCN1CCN(c2ncccn2)CC1. The van der Waals surface area contributed by atoms with Gasteiger partial charge in [0.15, 0.2) is 0 Å². The van der Waals surface area contributed by atoms with E-state index in [4.69, 9.17) is 14.6 Å². The average Bonchev–Trinajstić information content (AvgIpc) is 3.89. The number of fused-ring (bicyclic) bond motifs is 1. The number of rotatable bonds is 26. The van der Waals surface area contributed by atoms with Gasteiger partial charge < -0.3 is 24.6 Å². The van der Waals surface area contributed by atoms with Crippen molar-refractivity contribution in [2.45, 2.75) is 194 Å². The van der Waals surface area contributed by atoms with Crippen LogP contribution in [-0.4, -0.2) is 117 Å². The van der Waals surface area contributed by atoms with Gasteiger partial charge in [-0.25, -0.2) is 9.97 Å². The number of carboxylic acids is 1. The molecule has 0 bridgehead atoms. The number of hydrogen-bond acceptors (Lipinski definition) is 12. The van der Waals surface area contributed by atoms with Gasteiger partial charge >= 0.3 is 17.9 Å². The van der Waals surface area contributed by atoms with Crippen molar-refractivity contribution in [3.8, 4) is 0 Å². The van der Waals surface area contributed by atoms with E-state index in [1.54, 1.807) is 12.4 Å². The zero-order valence-electron chi connectivity index (χ0n) is 49.8. The molecular formula is C67H99N5O9. The molecule has 6 aliphatic rings. The van der Waals surface area contributed by atoms with Crippen molar-refractivity contribution >= 4 is 35.7 Å². The average molecular weight is 1120 g/mol. The van der Waals surface area contributed by atoms with Gasteiger partial charge in [0.2, 0.25) is 17.8 Å². The number of unbranched alkanes of at least 4 members (excludes halogenated alkanes) is 1. The fourth-order valence-corrected chi connectivity index (χ4v) is 11.9. The molecule has 1 saturated carbocycles. The van der Waals surface area contributed by atoms with Gasteiger partial charge in [0.1, 0.15) is 12.2 Å². The number of hydrogen-bond donors (Lipinski definition) is 2.